The Balaban J connectivity index is 1.85. The number of carbonyl (C=O) groups is 1. The first-order valence-corrected chi connectivity index (χ1v) is 7.48. The minimum atomic E-state index is -0.509. The average Bonchev–Trinajstić information content (AvgIpc) is 2.98. The van der Waals surface area contributed by atoms with E-state index in [9.17, 15) is 14.9 Å². The van der Waals surface area contributed by atoms with Gasteiger partial charge in [0.25, 0.3) is 5.91 Å². The zero-order valence-corrected chi connectivity index (χ0v) is 11.9. The van der Waals surface area contributed by atoms with Gasteiger partial charge in [0, 0.05) is 25.7 Å². The molecule has 2 heterocycles. The molecule has 1 aliphatic heterocycles. The van der Waals surface area contributed by atoms with Crippen molar-refractivity contribution in [3.8, 4) is 0 Å². The smallest absolute Gasteiger partial charge is 0.321 e. The summed E-state index contributed by atoms with van der Waals surface area (Å²) >= 11 is 0. The van der Waals surface area contributed by atoms with Crippen molar-refractivity contribution in [3.05, 3.63) is 27.9 Å². The molecule has 21 heavy (non-hydrogen) atoms. The van der Waals surface area contributed by atoms with E-state index < -0.39 is 4.92 Å². The molecular formula is C14H20N4O3. The van der Waals surface area contributed by atoms with Gasteiger partial charge >= 0.3 is 5.82 Å². The molecule has 2 fully saturated rings. The lowest BCUT2D eigenvalue weighted by Gasteiger charge is -2.49. The van der Waals surface area contributed by atoms with E-state index in [2.05, 4.69) is 10.3 Å². The maximum Gasteiger partial charge on any atom is 0.321 e. The zero-order valence-electron chi connectivity index (χ0n) is 11.9. The molecule has 7 nitrogen and oxygen atoms in total. The number of rotatable bonds is 2. The van der Waals surface area contributed by atoms with Crippen LogP contribution in [0.3, 0.4) is 0 Å². The summed E-state index contributed by atoms with van der Waals surface area (Å²) in [5.74, 6) is -0.252. The molecule has 3 rings (SSSR count). The van der Waals surface area contributed by atoms with Crippen LogP contribution in [0.25, 0.3) is 0 Å². The van der Waals surface area contributed by atoms with Crippen molar-refractivity contribution in [1.82, 2.24) is 15.2 Å². The van der Waals surface area contributed by atoms with Crippen LogP contribution >= 0.6 is 0 Å². The molecule has 1 saturated heterocycles. The number of nitrogens with zero attached hydrogens (tertiary/aromatic N) is 2. The Bertz CT molecular complexity index is 540. The number of aromatic amines is 1. The van der Waals surface area contributed by atoms with Gasteiger partial charge in [-0.2, -0.15) is 0 Å². The van der Waals surface area contributed by atoms with Crippen LogP contribution in [0, 0.1) is 10.1 Å². The van der Waals surface area contributed by atoms with Crippen molar-refractivity contribution in [2.75, 3.05) is 19.6 Å². The lowest BCUT2D eigenvalue weighted by atomic mass is 9.79. The minimum absolute atomic E-state index is 0.118. The molecule has 114 valence electrons. The SMILES string of the molecule is O=C(c1ccc([N+](=O)[O-])[nH]1)N1CCNCC12CCCCC2. The lowest BCUT2D eigenvalue weighted by molar-refractivity contribution is -0.389. The van der Waals surface area contributed by atoms with Crippen LogP contribution in [0.5, 0.6) is 0 Å². The van der Waals surface area contributed by atoms with Crippen LogP contribution in [0.1, 0.15) is 42.6 Å². The summed E-state index contributed by atoms with van der Waals surface area (Å²) in [6.07, 6.45) is 5.51. The number of amides is 1. The maximum atomic E-state index is 12.8. The summed E-state index contributed by atoms with van der Waals surface area (Å²) in [6.45, 7) is 2.25. The molecule has 2 aliphatic rings. The predicted molar refractivity (Wildman–Crippen MR) is 77.2 cm³/mol. The number of hydrogen-bond acceptors (Lipinski definition) is 4. The molecule has 0 bridgehead atoms. The topological polar surface area (TPSA) is 91.3 Å². The molecule has 0 radical (unpaired) electrons. The molecule has 0 unspecified atom stereocenters. The normalized spacial score (nSPS) is 21.4. The zero-order chi connectivity index (χ0) is 14.9. The van der Waals surface area contributed by atoms with E-state index in [4.69, 9.17) is 0 Å². The van der Waals surface area contributed by atoms with Crippen LogP contribution in [0.4, 0.5) is 5.82 Å². The fraction of sp³-hybridized carbons (Fsp3) is 0.643. The summed E-state index contributed by atoms with van der Waals surface area (Å²) in [7, 11) is 0. The molecule has 0 atom stereocenters. The molecule has 1 amide bonds. The Labute approximate surface area is 122 Å². The van der Waals surface area contributed by atoms with Gasteiger partial charge in [-0.25, -0.2) is 4.98 Å². The van der Waals surface area contributed by atoms with E-state index >= 15 is 0 Å². The van der Waals surface area contributed by atoms with Gasteiger partial charge < -0.3 is 20.3 Å². The van der Waals surface area contributed by atoms with Crippen LogP contribution in [0.2, 0.25) is 0 Å². The molecule has 1 aromatic heterocycles. The Morgan fingerprint density at radius 3 is 2.71 bits per heavy atom. The number of nitrogens with one attached hydrogen (secondary N) is 2. The van der Waals surface area contributed by atoms with Crippen LogP contribution in [-0.4, -0.2) is 45.9 Å². The summed E-state index contributed by atoms with van der Waals surface area (Å²) in [6, 6.07) is 2.86. The van der Waals surface area contributed by atoms with Gasteiger partial charge in [-0.05, 0) is 23.8 Å². The van der Waals surface area contributed by atoms with Gasteiger partial charge in [0.05, 0.1) is 5.54 Å². The maximum absolute atomic E-state index is 12.8. The Kier molecular flexibility index (Phi) is 3.67. The Morgan fingerprint density at radius 1 is 1.29 bits per heavy atom. The third-order valence-electron chi connectivity index (χ3n) is 4.67. The van der Waals surface area contributed by atoms with Gasteiger partial charge in [0.2, 0.25) is 0 Å². The second kappa shape index (κ2) is 5.48. The van der Waals surface area contributed by atoms with E-state index in [1.807, 2.05) is 4.90 Å². The summed E-state index contributed by atoms with van der Waals surface area (Å²) in [5.41, 5.74) is 0.196. The highest BCUT2D eigenvalue weighted by Gasteiger charge is 2.43. The van der Waals surface area contributed by atoms with Crippen molar-refractivity contribution >= 4 is 11.7 Å². The van der Waals surface area contributed by atoms with Crippen LogP contribution in [0.15, 0.2) is 12.1 Å². The Morgan fingerprint density at radius 2 is 2.05 bits per heavy atom. The van der Waals surface area contributed by atoms with Crippen molar-refractivity contribution in [2.24, 2.45) is 0 Å². The van der Waals surface area contributed by atoms with Gasteiger partial charge in [-0.1, -0.05) is 19.3 Å². The van der Waals surface area contributed by atoms with Crippen molar-refractivity contribution < 1.29 is 9.72 Å². The standard InChI is InChI=1S/C14H20N4O3/c19-13(11-4-5-12(16-11)18(20)21)17-9-8-15-10-14(17)6-2-1-3-7-14/h4-5,15-16H,1-3,6-10H2. The van der Waals surface area contributed by atoms with Gasteiger partial charge in [0.15, 0.2) is 5.69 Å². The second-order valence-electron chi connectivity index (χ2n) is 5.93. The number of aromatic nitrogens is 1. The lowest BCUT2D eigenvalue weighted by Crippen LogP contribution is -2.63. The molecule has 1 aliphatic carbocycles. The fourth-order valence-electron chi connectivity index (χ4n) is 3.58. The van der Waals surface area contributed by atoms with Crippen molar-refractivity contribution in [2.45, 2.75) is 37.6 Å². The summed E-state index contributed by atoms with van der Waals surface area (Å²) in [5, 5.41) is 14.1. The predicted octanol–water partition coefficient (Wildman–Crippen LogP) is 1.67. The fourth-order valence-corrected chi connectivity index (χ4v) is 3.58. The summed E-state index contributed by atoms with van der Waals surface area (Å²) in [4.78, 5) is 27.5. The van der Waals surface area contributed by atoms with Crippen LogP contribution < -0.4 is 5.32 Å². The molecule has 7 heteroatoms. The van der Waals surface area contributed by atoms with E-state index in [0.29, 0.717) is 12.2 Å². The number of carbonyl (C=O) groups excluding carboxylic acids is 1. The number of H-pyrrole nitrogens is 1. The van der Waals surface area contributed by atoms with Crippen molar-refractivity contribution in [1.29, 1.82) is 0 Å². The largest absolute Gasteiger partial charge is 0.358 e. The molecule has 2 N–H and O–H groups in total. The molecular weight excluding hydrogens is 272 g/mol. The average molecular weight is 292 g/mol. The first kappa shape index (κ1) is 14.1. The first-order chi connectivity index (χ1) is 10.1. The molecule has 1 spiro atoms. The van der Waals surface area contributed by atoms with Crippen LogP contribution in [-0.2, 0) is 0 Å². The quantitative estimate of drug-likeness (QED) is 0.640. The number of piperazine rings is 1. The third kappa shape index (κ3) is 2.53. The Hall–Kier alpha value is -1.89. The highest BCUT2D eigenvalue weighted by Crippen LogP contribution is 2.35. The third-order valence-corrected chi connectivity index (χ3v) is 4.67. The second-order valence-corrected chi connectivity index (χ2v) is 5.93. The number of hydrogen-bond donors (Lipinski definition) is 2. The van der Waals surface area contributed by atoms with Gasteiger partial charge in [-0.3, -0.25) is 4.79 Å². The monoisotopic (exact) mass is 292 g/mol. The first-order valence-electron chi connectivity index (χ1n) is 7.48. The number of nitro groups is 1. The van der Waals surface area contributed by atoms with Gasteiger partial charge in [0.1, 0.15) is 0 Å². The van der Waals surface area contributed by atoms with Gasteiger partial charge in [-0.15, -0.1) is 0 Å². The molecule has 0 aromatic carbocycles. The highest BCUT2D eigenvalue weighted by molar-refractivity contribution is 5.93. The highest BCUT2D eigenvalue weighted by atomic mass is 16.6. The molecule has 1 saturated carbocycles. The minimum Gasteiger partial charge on any atom is -0.358 e. The van der Waals surface area contributed by atoms with E-state index in [1.165, 1.54) is 18.6 Å². The summed E-state index contributed by atoms with van der Waals surface area (Å²) < 4.78 is 0. The van der Waals surface area contributed by atoms with Crippen molar-refractivity contribution in [3.63, 3.8) is 0 Å². The van der Waals surface area contributed by atoms with E-state index in [-0.39, 0.29) is 17.3 Å². The molecule has 1 aromatic rings. The van der Waals surface area contributed by atoms with E-state index in [1.54, 1.807) is 0 Å². The van der Waals surface area contributed by atoms with E-state index in [0.717, 1.165) is 38.8 Å².